The van der Waals surface area contributed by atoms with Crippen molar-refractivity contribution in [3.8, 4) is 5.69 Å². The van der Waals surface area contributed by atoms with Crippen LogP contribution in [0.25, 0.3) is 11.8 Å². The first kappa shape index (κ1) is 28.0. The van der Waals surface area contributed by atoms with Gasteiger partial charge in [0.1, 0.15) is 22.7 Å². The average molecular weight is 586 g/mol. The molecule has 2 saturated heterocycles. The minimum absolute atomic E-state index is 0.112. The van der Waals surface area contributed by atoms with Crippen LogP contribution in [0.1, 0.15) is 24.1 Å². The lowest BCUT2D eigenvalue weighted by molar-refractivity contribution is 0.0147. The lowest BCUT2D eigenvalue weighted by Gasteiger charge is -2.45. The smallest absolute Gasteiger partial charge is 0.244 e. The number of benzene rings is 1. The topological polar surface area (TPSA) is 89.8 Å². The second-order valence-corrected chi connectivity index (χ2v) is 12.8. The molecule has 9 nitrogen and oxygen atoms in total. The van der Waals surface area contributed by atoms with Crippen LogP contribution in [-0.4, -0.2) is 86.8 Å². The van der Waals surface area contributed by atoms with E-state index >= 15 is 0 Å². The summed E-state index contributed by atoms with van der Waals surface area (Å²) in [5, 5.41) is 4.58. The molecule has 0 amide bonds. The maximum atomic E-state index is 13.8. The van der Waals surface area contributed by atoms with E-state index in [-0.39, 0.29) is 23.8 Å². The first-order valence-electron chi connectivity index (χ1n) is 13.7. The summed E-state index contributed by atoms with van der Waals surface area (Å²) >= 11 is 0. The van der Waals surface area contributed by atoms with Crippen LogP contribution < -0.4 is 4.90 Å². The summed E-state index contributed by atoms with van der Waals surface area (Å²) in [6, 6.07) is 9.39. The van der Waals surface area contributed by atoms with E-state index in [1.165, 1.54) is 22.6 Å². The highest BCUT2D eigenvalue weighted by atomic mass is 32.2. The van der Waals surface area contributed by atoms with E-state index in [1.54, 1.807) is 42.3 Å². The Morgan fingerprint density at radius 2 is 1.93 bits per heavy atom. The van der Waals surface area contributed by atoms with Crippen molar-refractivity contribution in [2.24, 2.45) is 5.41 Å². The molecule has 1 aliphatic carbocycles. The monoisotopic (exact) mass is 585 g/mol. The molecule has 1 aromatic carbocycles. The van der Waals surface area contributed by atoms with E-state index in [9.17, 15) is 17.2 Å². The van der Waals surface area contributed by atoms with Crippen LogP contribution in [-0.2, 0) is 25.9 Å². The molecule has 0 bridgehead atoms. The molecule has 0 radical (unpaired) electrons. The Labute approximate surface area is 238 Å². The molecule has 2 aromatic heterocycles. The van der Waals surface area contributed by atoms with Crippen molar-refractivity contribution in [3.63, 3.8) is 0 Å². The Bertz CT molecular complexity index is 1530. The number of nitrogens with zero attached hydrogens (tertiary/aromatic N) is 5. The van der Waals surface area contributed by atoms with Gasteiger partial charge in [-0.1, -0.05) is 5.57 Å². The maximum absolute atomic E-state index is 13.8. The predicted octanol–water partition coefficient (Wildman–Crippen LogP) is 3.64. The third-order valence-corrected chi connectivity index (χ3v) is 10.0. The molecular weight excluding hydrogens is 552 g/mol. The van der Waals surface area contributed by atoms with Crippen molar-refractivity contribution in [2.45, 2.75) is 30.3 Å². The van der Waals surface area contributed by atoms with Crippen LogP contribution in [0.3, 0.4) is 0 Å². The molecule has 3 aromatic rings. The van der Waals surface area contributed by atoms with Crippen LogP contribution in [0, 0.1) is 11.2 Å². The third-order valence-electron chi connectivity index (χ3n) is 8.21. The average Bonchev–Trinajstić information content (AvgIpc) is 3.60. The predicted molar refractivity (Wildman–Crippen MR) is 150 cm³/mol. The second kappa shape index (κ2) is 11.2. The van der Waals surface area contributed by atoms with Gasteiger partial charge in [-0.2, -0.15) is 9.40 Å². The molecule has 218 valence electrons. The summed E-state index contributed by atoms with van der Waals surface area (Å²) in [7, 11) is -2.23. The van der Waals surface area contributed by atoms with Gasteiger partial charge >= 0.3 is 0 Å². The molecule has 12 heteroatoms. The Morgan fingerprint density at radius 3 is 2.63 bits per heavy atom. The van der Waals surface area contributed by atoms with E-state index in [2.05, 4.69) is 16.2 Å². The summed E-state index contributed by atoms with van der Waals surface area (Å²) in [4.78, 5) is 6.30. The minimum atomic E-state index is -3.84. The Kier molecular flexibility index (Phi) is 7.66. The molecule has 41 heavy (non-hydrogen) atoms. The highest BCUT2D eigenvalue weighted by Gasteiger charge is 2.46. The van der Waals surface area contributed by atoms with Gasteiger partial charge in [0.2, 0.25) is 10.0 Å². The first-order valence-corrected chi connectivity index (χ1v) is 15.2. The normalized spacial score (nSPS) is 22.9. The van der Waals surface area contributed by atoms with E-state index in [0.717, 1.165) is 22.5 Å². The number of aromatic nitrogens is 3. The first-order chi connectivity index (χ1) is 19.8. The van der Waals surface area contributed by atoms with Gasteiger partial charge in [0.25, 0.3) is 0 Å². The number of anilines is 1. The fourth-order valence-electron chi connectivity index (χ4n) is 6.01. The number of pyridine rings is 1. The third kappa shape index (κ3) is 5.41. The lowest BCUT2D eigenvalue weighted by atomic mass is 9.69. The molecule has 2 aliphatic heterocycles. The van der Waals surface area contributed by atoms with Gasteiger partial charge in [0.15, 0.2) is 0 Å². The zero-order valence-corrected chi connectivity index (χ0v) is 23.7. The van der Waals surface area contributed by atoms with Crippen LogP contribution in [0.2, 0.25) is 0 Å². The van der Waals surface area contributed by atoms with Gasteiger partial charge < -0.3 is 14.4 Å². The van der Waals surface area contributed by atoms with Crippen molar-refractivity contribution >= 4 is 21.9 Å². The Morgan fingerprint density at radius 1 is 1.10 bits per heavy atom. The van der Waals surface area contributed by atoms with Gasteiger partial charge in [0.05, 0.1) is 43.9 Å². The molecule has 3 aliphatic rings. The molecule has 4 heterocycles. The standard InChI is InChI=1S/C29H33F2N5O4S/c1-39-12-13-40-20-29-15-21-16-33-36(25-4-2-23(30)3-5-25)27(21)14-22(29)8-11-35(19-29)41(37,38)26-6-7-28(32-17-26)34-10-9-24(31)18-34/h2-7,14,16-17,24H,8-13,15,18-20H2,1H3/t24-,29-/m1/s1. The molecule has 0 spiro atoms. The number of hydrogen-bond acceptors (Lipinski definition) is 7. The number of fused-ring (bicyclic) bond motifs is 2. The lowest BCUT2D eigenvalue weighted by Crippen LogP contribution is -2.51. The zero-order valence-electron chi connectivity index (χ0n) is 22.9. The fourth-order valence-corrected chi connectivity index (χ4v) is 7.49. The van der Waals surface area contributed by atoms with Gasteiger partial charge in [-0.25, -0.2) is 26.9 Å². The van der Waals surface area contributed by atoms with E-state index in [1.807, 2.05) is 4.90 Å². The number of sulfonamides is 1. The van der Waals surface area contributed by atoms with Gasteiger partial charge in [0, 0.05) is 38.4 Å². The van der Waals surface area contributed by atoms with Crippen molar-refractivity contribution in [3.05, 3.63) is 71.4 Å². The fraction of sp³-hybridized carbons (Fsp3) is 0.448. The maximum Gasteiger partial charge on any atom is 0.244 e. The summed E-state index contributed by atoms with van der Waals surface area (Å²) in [5.74, 6) is 0.261. The Balaban J connectivity index is 1.28. The van der Waals surface area contributed by atoms with Crippen LogP contribution >= 0.6 is 0 Å². The number of methoxy groups -OCH3 is 1. The quantitative estimate of drug-likeness (QED) is 0.355. The second-order valence-electron chi connectivity index (χ2n) is 10.9. The number of halogens is 2. The summed E-state index contributed by atoms with van der Waals surface area (Å²) in [5.41, 5.74) is 3.14. The molecule has 0 N–H and O–H groups in total. The highest BCUT2D eigenvalue weighted by molar-refractivity contribution is 7.89. The van der Waals surface area contributed by atoms with E-state index in [0.29, 0.717) is 58.0 Å². The van der Waals surface area contributed by atoms with Crippen molar-refractivity contribution < 1.29 is 26.7 Å². The SMILES string of the molecule is COCCOC[C@]12Cc3cnn(-c4ccc(F)cc4)c3C=C1CCN(S(=O)(=O)c1ccc(N3CC[C@@H](F)C3)nc1)C2. The van der Waals surface area contributed by atoms with E-state index in [4.69, 9.17) is 9.47 Å². The number of hydrogen-bond donors (Lipinski definition) is 0. The summed E-state index contributed by atoms with van der Waals surface area (Å²) < 4.78 is 69.3. The highest BCUT2D eigenvalue weighted by Crippen LogP contribution is 2.45. The Hall–Kier alpha value is -3.19. The van der Waals surface area contributed by atoms with Crippen LogP contribution in [0.15, 0.2) is 59.3 Å². The number of ether oxygens (including phenoxy) is 2. The number of alkyl halides is 1. The van der Waals surface area contributed by atoms with Gasteiger partial charge in [-0.05, 0) is 67.3 Å². The molecule has 6 rings (SSSR count). The van der Waals surface area contributed by atoms with Gasteiger partial charge in [-0.15, -0.1) is 0 Å². The zero-order chi connectivity index (χ0) is 28.6. The summed E-state index contributed by atoms with van der Waals surface area (Å²) in [6.07, 6.45) is 5.88. The van der Waals surface area contributed by atoms with E-state index < -0.39 is 21.6 Å². The number of piperidine rings is 1. The van der Waals surface area contributed by atoms with Crippen molar-refractivity contribution in [2.75, 3.05) is 58.0 Å². The van der Waals surface area contributed by atoms with Crippen molar-refractivity contribution in [1.82, 2.24) is 19.1 Å². The van der Waals surface area contributed by atoms with Crippen LogP contribution in [0.4, 0.5) is 14.6 Å². The largest absolute Gasteiger partial charge is 0.382 e. The molecule has 2 fully saturated rings. The number of rotatable bonds is 9. The molecule has 0 saturated carbocycles. The summed E-state index contributed by atoms with van der Waals surface area (Å²) in [6.45, 7) is 2.53. The molecular formula is C29H33F2N5O4S. The molecule has 2 atom stereocenters. The molecule has 0 unspecified atom stereocenters. The minimum Gasteiger partial charge on any atom is -0.382 e. The van der Waals surface area contributed by atoms with Crippen molar-refractivity contribution in [1.29, 1.82) is 0 Å². The van der Waals surface area contributed by atoms with Gasteiger partial charge in [-0.3, -0.25) is 0 Å². The van der Waals surface area contributed by atoms with Crippen LogP contribution in [0.5, 0.6) is 0 Å².